The van der Waals surface area contributed by atoms with Crippen LogP contribution in [0.5, 0.6) is 0 Å². The Balaban J connectivity index is 1.20. The van der Waals surface area contributed by atoms with E-state index in [1.807, 2.05) is 84.9 Å². The van der Waals surface area contributed by atoms with E-state index in [9.17, 15) is 0 Å². The van der Waals surface area contributed by atoms with E-state index in [1.54, 1.807) is 11.3 Å². The fourth-order valence-electron chi connectivity index (χ4n) is 6.40. The lowest BCUT2D eigenvalue weighted by atomic mass is 10.0. The molecular formula is C40H22N4O2S. The van der Waals surface area contributed by atoms with Crippen LogP contribution in [0.25, 0.3) is 98.8 Å². The van der Waals surface area contributed by atoms with Gasteiger partial charge in [0.1, 0.15) is 16.7 Å². The largest absolute Gasteiger partial charge is 0.455 e. The second-order valence-corrected chi connectivity index (χ2v) is 12.5. The normalized spacial score (nSPS) is 11.8. The van der Waals surface area contributed by atoms with E-state index in [0.29, 0.717) is 28.9 Å². The Hall–Kier alpha value is -6.18. The first-order valence-electron chi connectivity index (χ1n) is 15.3. The van der Waals surface area contributed by atoms with Crippen molar-refractivity contribution in [3.63, 3.8) is 0 Å². The Morgan fingerprint density at radius 1 is 0.447 bits per heavy atom. The van der Waals surface area contributed by atoms with Gasteiger partial charge in [-0.1, -0.05) is 84.9 Å². The van der Waals surface area contributed by atoms with E-state index in [0.717, 1.165) is 49.7 Å². The van der Waals surface area contributed by atoms with Crippen molar-refractivity contribution >= 4 is 64.5 Å². The van der Waals surface area contributed by atoms with Crippen molar-refractivity contribution in [2.75, 3.05) is 0 Å². The van der Waals surface area contributed by atoms with Gasteiger partial charge in [-0.15, -0.1) is 11.3 Å². The number of rotatable bonds is 4. The number of para-hydroxylation sites is 3. The Bertz CT molecular complexity index is 2780. The molecule has 220 valence electrons. The van der Waals surface area contributed by atoms with E-state index >= 15 is 0 Å². The maximum atomic E-state index is 6.54. The third-order valence-corrected chi connectivity index (χ3v) is 9.74. The van der Waals surface area contributed by atoms with Crippen LogP contribution >= 0.6 is 11.3 Å². The van der Waals surface area contributed by atoms with E-state index in [1.165, 1.54) is 20.2 Å². The summed E-state index contributed by atoms with van der Waals surface area (Å²) in [5.41, 5.74) is 6.47. The van der Waals surface area contributed by atoms with E-state index in [-0.39, 0.29) is 0 Å². The number of fused-ring (bicyclic) bond motifs is 7. The minimum atomic E-state index is 0.516. The third-order valence-electron chi connectivity index (χ3n) is 8.59. The van der Waals surface area contributed by atoms with Crippen LogP contribution < -0.4 is 0 Å². The highest BCUT2D eigenvalue weighted by molar-refractivity contribution is 7.25. The lowest BCUT2D eigenvalue weighted by molar-refractivity contribution is 0.615. The summed E-state index contributed by atoms with van der Waals surface area (Å²) in [6.07, 6.45) is 0. The van der Waals surface area contributed by atoms with Crippen molar-refractivity contribution < 1.29 is 8.83 Å². The van der Waals surface area contributed by atoms with Gasteiger partial charge >= 0.3 is 0 Å². The average molecular weight is 623 g/mol. The van der Waals surface area contributed by atoms with Crippen LogP contribution in [0.15, 0.2) is 142 Å². The number of benzene rings is 6. The van der Waals surface area contributed by atoms with Crippen LogP contribution in [0.4, 0.5) is 0 Å². The summed E-state index contributed by atoms with van der Waals surface area (Å²) in [7, 11) is 0. The number of hydrogen-bond acceptors (Lipinski definition) is 7. The lowest BCUT2D eigenvalue weighted by Gasteiger charge is -2.09. The average Bonchev–Trinajstić information content (AvgIpc) is 3.84. The van der Waals surface area contributed by atoms with Crippen LogP contribution in [0.2, 0.25) is 0 Å². The van der Waals surface area contributed by atoms with Crippen molar-refractivity contribution in [3.05, 3.63) is 133 Å². The topological polar surface area (TPSA) is 77.8 Å². The molecule has 6 nitrogen and oxygen atoms in total. The van der Waals surface area contributed by atoms with E-state index in [2.05, 4.69) is 48.5 Å². The minimum Gasteiger partial charge on any atom is -0.455 e. The maximum Gasteiger partial charge on any atom is 0.231 e. The fourth-order valence-corrected chi connectivity index (χ4v) is 7.48. The summed E-state index contributed by atoms with van der Waals surface area (Å²) in [5, 5.41) is 4.29. The summed E-state index contributed by atoms with van der Waals surface area (Å²) in [5.74, 6) is 2.31. The Kier molecular flexibility index (Phi) is 5.64. The molecule has 0 aliphatic carbocycles. The lowest BCUT2D eigenvalue weighted by Crippen LogP contribution is -2.00. The first-order chi connectivity index (χ1) is 23.3. The van der Waals surface area contributed by atoms with Crippen molar-refractivity contribution in [3.8, 4) is 45.6 Å². The van der Waals surface area contributed by atoms with Crippen LogP contribution in [-0.2, 0) is 0 Å². The predicted molar refractivity (Wildman–Crippen MR) is 189 cm³/mol. The molecule has 4 aromatic heterocycles. The van der Waals surface area contributed by atoms with Gasteiger partial charge in [-0.05, 0) is 48.5 Å². The molecule has 7 heteroatoms. The molecule has 0 amide bonds. The molecule has 0 fully saturated rings. The summed E-state index contributed by atoms with van der Waals surface area (Å²) < 4.78 is 15.2. The van der Waals surface area contributed by atoms with Crippen LogP contribution in [0.1, 0.15) is 0 Å². The van der Waals surface area contributed by atoms with Gasteiger partial charge in [0, 0.05) is 47.6 Å². The molecule has 6 aromatic carbocycles. The van der Waals surface area contributed by atoms with Crippen LogP contribution in [0.3, 0.4) is 0 Å². The molecule has 0 saturated carbocycles. The number of thiophene rings is 1. The molecule has 4 heterocycles. The standard InChI is InChI=1S/C40H22N4O2S/c1-2-10-23(11-3-1)37-42-38(24-20-21-34-29(22-24)25-12-4-7-19-33(25)47-34)44-39(43-37)27-14-9-18-32-35(27)26-13-8-15-28(36(26)45-32)40-41-30-16-5-6-17-31(30)46-40/h1-22H. The molecule has 0 saturated heterocycles. The monoisotopic (exact) mass is 622 g/mol. The minimum absolute atomic E-state index is 0.516. The van der Waals surface area contributed by atoms with Gasteiger partial charge in [0.05, 0.1) is 5.56 Å². The zero-order valence-electron chi connectivity index (χ0n) is 24.7. The molecule has 10 aromatic rings. The number of aromatic nitrogens is 4. The van der Waals surface area contributed by atoms with Crippen LogP contribution in [-0.4, -0.2) is 19.9 Å². The van der Waals surface area contributed by atoms with Gasteiger partial charge in [-0.25, -0.2) is 19.9 Å². The molecule has 0 bridgehead atoms. The van der Waals surface area contributed by atoms with E-state index < -0.39 is 0 Å². The molecule has 10 rings (SSSR count). The first-order valence-corrected chi connectivity index (χ1v) is 16.1. The highest BCUT2D eigenvalue weighted by atomic mass is 32.1. The fraction of sp³-hybridized carbons (Fsp3) is 0. The van der Waals surface area contributed by atoms with Gasteiger partial charge in [-0.3, -0.25) is 0 Å². The molecule has 47 heavy (non-hydrogen) atoms. The number of oxazole rings is 1. The molecule has 0 unspecified atom stereocenters. The molecular weight excluding hydrogens is 601 g/mol. The molecule has 0 N–H and O–H groups in total. The SMILES string of the molecule is c1ccc(-c2nc(-c3ccc4sc5ccccc5c4c3)nc(-c3cccc4oc5c(-c6nc7ccccc7o6)cccc5c34)n2)cc1. The summed E-state index contributed by atoms with van der Waals surface area (Å²) in [6.45, 7) is 0. The van der Waals surface area contributed by atoms with Crippen molar-refractivity contribution in [1.29, 1.82) is 0 Å². The quantitative estimate of drug-likeness (QED) is 0.194. The van der Waals surface area contributed by atoms with Gasteiger partial charge in [0.2, 0.25) is 5.89 Å². The molecule has 0 aliphatic rings. The molecule has 0 radical (unpaired) electrons. The number of hydrogen-bond donors (Lipinski definition) is 0. The summed E-state index contributed by atoms with van der Waals surface area (Å²) >= 11 is 1.79. The second kappa shape index (κ2) is 10.2. The zero-order chi connectivity index (χ0) is 30.9. The van der Waals surface area contributed by atoms with Gasteiger partial charge in [0.15, 0.2) is 23.1 Å². The highest BCUT2D eigenvalue weighted by Crippen LogP contribution is 2.41. The van der Waals surface area contributed by atoms with Crippen LogP contribution in [0, 0.1) is 0 Å². The molecule has 0 aliphatic heterocycles. The maximum absolute atomic E-state index is 6.54. The smallest absolute Gasteiger partial charge is 0.231 e. The Labute approximate surface area is 271 Å². The zero-order valence-corrected chi connectivity index (χ0v) is 25.5. The van der Waals surface area contributed by atoms with Gasteiger partial charge in [0.25, 0.3) is 0 Å². The Morgan fingerprint density at radius 2 is 1.15 bits per heavy atom. The summed E-state index contributed by atoms with van der Waals surface area (Å²) in [4.78, 5) is 19.9. The first kappa shape index (κ1) is 26.1. The summed E-state index contributed by atoms with van der Waals surface area (Å²) in [6, 6.07) is 44.8. The predicted octanol–water partition coefficient (Wildman–Crippen LogP) is 10.9. The van der Waals surface area contributed by atoms with Crippen molar-refractivity contribution in [2.45, 2.75) is 0 Å². The number of nitrogens with zero attached hydrogens (tertiary/aromatic N) is 4. The Morgan fingerprint density at radius 3 is 2.06 bits per heavy atom. The third kappa shape index (κ3) is 4.17. The van der Waals surface area contributed by atoms with Crippen molar-refractivity contribution in [1.82, 2.24) is 19.9 Å². The van der Waals surface area contributed by atoms with Gasteiger partial charge in [-0.2, -0.15) is 0 Å². The van der Waals surface area contributed by atoms with Gasteiger partial charge < -0.3 is 8.83 Å². The second-order valence-electron chi connectivity index (χ2n) is 11.4. The number of furan rings is 1. The molecule has 0 spiro atoms. The van der Waals surface area contributed by atoms with Crippen molar-refractivity contribution in [2.24, 2.45) is 0 Å². The highest BCUT2D eigenvalue weighted by Gasteiger charge is 2.21. The van der Waals surface area contributed by atoms with E-state index in [4.69, 9.17) is 28.8 Å². The molecule has 0 atom stereocenters.